The molecule has 5 nitrogen and oxygen atoms in total. The van der Waals surface area contributed by atoms with Gasteiger partial charge in [-0.2, -0.15) is 0 Å². The average Bonchev–Trinajstić information content (AvgIpc) is 2.31. The monoisotopic (exact) mass is 257 g/mol. The van der Waals surface area contributed by atoms with Crippen molar-refractivity contribution >= 4 is 17.5 Å². The fourth-order valence-corrected chi connectivity index (χ4v) is 1.60. The minimum atomic E-state index is -0.838. The molecule has 0 aliphatic heterocycles. The van der Waals surface area contributed by atoms with Crippen LogP contribution >= 0.6 is 11.6 Å². The Bertz CT molecular complexity index is 423. The lowest BCUT2D eigenvalue weighted by molar-refractivity contribution is -0.123. The number of amides is 1. The summed E-state index contributed by atoms with van der Waals surface area (Å²) in [6.07, 6.45) is 0. The van der Waals surface area contributed by atoms with Crippen LogP contribution in [0.2, 0.25) is 5.02 Å². The van der Waals surface area contributed by atoms with E-state index in [0.717, 1.165) is 5.56 Å². The maximum Gasteiger partial charge on any atom is 0.255 e. The van der Waals surface area contributed by atoms with E-state index in [4.69, 9.17) is 22.1 Å². The molecule has 1 aromatic rings. The second kappa shape index (κ2) is 5.86. The molecule has 0 radical (unpaired) electrons. The normalized spacial score (nSPS) is 12.1. The topological polar surface area (TPSA) is 76.4 Å². The number of carbonyl (C=O) groups is 1. The molecular formula is C11H16ClN3O2. The minimum absolute atomic E-state index is 0.356. The predicted octanol–water partition coefficient (Wildman–Crippen LogP) is 0.907. The van der Waals surface area contributed by atoms with Crippen LogP contribution < -0.4 is 21.3 Å². The Morgan fingerprint density at radius 1 is 1.53 bits per heavy atom. The second-order valence-electron chi connectivity index (χ2n) is 3.56. The highest BCUT2D eigenvalue weighted by molar-refractivity contribution is 6.31. The number of ether oxygens (including phenoxy) is 1. The van der Waals surface area contributed by atoms with Gasteiger partial charge in [0.25, 0.3) is 5.91 Å². The lowest BCUT2D eigenvalue weighted by Gasteiger charge is -2.16. The summed E-state index contributed by atoms with van der Waals surface area (Å²) in [5.74, 6) is 0.191. The standard InChI is InChI=1S/C11H16ClN3O2/c1-6-4-9(17-3)7(5-8(6)12)10(13)11(16)15-14-2/h4-5,10,14H,13H2,1-3H3,(H,15,16). The van der Waals surface area contributed by atoms with Gasteiger partial charge in [0, 0.05) is 17.6 Å². The Morgan fingerprint density at radius 2 is 2.18 bits per heavy atom. The third kappa shape index (κ3) is 3.09. The molecule has 1 aromatic carbocycles. The number of benzene rings is 1. The number of aryl methyl sites for hydroxylation is 1. The first-order chi connectivity index (χ1) is 8.01. The lowest BCUT2D eigenvalue weighted by Crippen LogP contribution is -2.40. The van der Waals surface area contributed by atoms with Gasteiger partial charge in [0.15, 0.2) is 0 Å². The van der Waals surface area contributed by atoms with Gasteiger partial charge in [0.2, 0.25) is 0 Å². The second-order valence-corrected chi connectivity index (χ2v) is 3.97. The maximum absolute atomic E-state index is 11.6. The molecule has 0 aliphatic rings. The van der Waals surface area contributed by atoms with Crippen LogP contribution in [0.3, 0.4) is 0 Å². The highest BCUT2D eigenvalue weighted by atomic mass is 35.5. The third-order valence-corrected chi connectivity index (χ3v) is 2.78. The fourth-order valence-electron chi connectivity index (χ4n) is 1.43. The zero-order valence-corrected chi connectivity index (χ0v) is 10.8. The molecule has 94 valence electrons. The zero-order chi connectivity index (χ0) is 13.0. The summed E-state index contributed by atoms with van der Waals surface area (Å²) in [5, 5.41) is 0.550. The van der Waals surface area contributed by atoms with Crippen molar-refractivity contribution in [1.82, 2.24) is 10.9 Å². The number of nitrogens with one attached hydrogen (secondary N) is 2. The van der Waals surface area contributed by atoms with Crippen molar-refractivity contribution in [3.05, 3.63) is 28.3 Å². The van der Waals surface area contributed by atoms with Gasteiger partial charge in [0.1, 0.15) is 11.8 Å². The summed E-state index contributed by atoms with van der Waals surface area (Å²) in [4.78, 5) is 11.6. The Labute approximate surface area is 105 Å². The number of carbonyl (C=O) groups excluding carboxylic acids is 1. The first kappa shape index (κ1) is 13.8. The number of hydrazine groups is 1. The largest absolute Gasteiger partial charge is 0.496 e. The predicted molar refractivity (Wildman–Crippen MR) is 66.9 cm³/mol. The van der Waals surface area contributed by atoms with Gasteiger partial charge in [-0.3, -0.25) is 10.2 Å². The summed E-state index contributed by atoms with van der Waals surface area (Å²) in [7, 11) is 3.11. The summed E-state index contributed by atoms with van der Waals surface area (Å²) in [5.41, 5.74) is 12.2. The number of rotatable bonds is 4. The van der Waals surface area contributed by atoms with Crippen LogP contribution in [0, 0.1) is 6.92 Å². The van der Waals surface area contributed by atoms with Gasteiger partial charge in [-0.15, -0.1) is 0 Å². The summed E-state index contributed by atoms with van der Waals surface area (Å²) in [6.45, 7) is 1.85. The molecule has 1 atom stereocenters. The molecule has 0 saturated carbocycles. The van der Waals surface area contributed by atoms with Crippen molar-refractivity contribution in [1.29, 1.82) is 0 Å². The molecule has 0 aromatic heterocycles. The van der Waals surface area contributed by atoms with Crippen LogP contribution in [0.15, 0.2) is 12.1 Å². The fraction of sp³-hybridized carbons (Fsp3) is 0.364. The van der Waals surface area contributed by atoms with Crippen molar-refractivity contribution in [3.8, 4) is 5.75 Å². The Balaban J connectivity index is 3.11. The highest BCUT2D eigenvalue weighted by Crippen LogP contribution is 2.30. The van der Waals surface area contributed by atoms with E-state index < -0.39 is 6.04 Å². The van der Waals surface area contributed by atoms with Gasteiger partial charge >= 0.3 is 0 Å². The number of halogens is 1. The van der Waals surface area contributed by atoms with E-state index in [-0.39, 0.29) is 5.91 Å². The van der Waals surface area contributed by atoms with E-state index in [0.29, 0.717) is 16.3 Å². The summed E-state index contributed by atoms with van der Waals surface area (Å²) >= 11 is 6.01. The van der Waals surface area contributed by atoms with E-state index in [9.17, 15) is 4.79 Å². The van der Waals surface area contributed by atoms with Gasteiger partial charge in [-0.1, -0.05) is 11.6 Å². The van der Waals surface area contributed by atoms with Crippen LogP contribution in [0.5, 0.6) is 5.75 Å². The van der Waals surface area contributed by atoms with Crippen molar-refractivity contribution in [2.24, 2.45) is 5.73 Å². The van der Waals surface area contributed by atoms with Crippen molar-refractivity contribution < 1.29 is 9.53 Å². The van der Waals surface area contributed by atoms with E-state index in [2.05, 4.69) is 10.9 Å². The molecule has 0 heterocycles. The number of nitrogens with two attached hydrogens (primary N) is 1. The number of hydrogen-bond acceptors (Lipinski definition) is 4. The lowest BCUT2D eigenvalue weighted by atomic mass is 10.0. The first-order valence-corrected chi connectivity index (χ1v) is 5.45. The maximum atomic E-state index is 11.6. The van der Waals surface area contributed by atoms with Crippen molar-refractivity contribution in [2.75, 3.05) is 14.2 Å². The third-order valence-electron chi connectivity index (χ3n) is 2.38. The van der Waals surface area contributed by atoms with Gasteiger partial charge in [-0.05, 0) is 24.6 Å². The molecule has 0 aliphatic carbocycles. The molecule has 1 unspecified atom stereocenters. The van der Waals surface area contributed by atoms with E-state index in [1.165, 1.54) is 7.11 Å². The van der Waals surface area contributed by atoms with Crippen molar-refractivity contribution in [3.63, 3.8) is 0 Å². The average molecular weight is 258 g/mol. The highest BCUT2D eigenvalue weighted by Gasteiger charge is 2.20. The minimum Gasteiger partial charge on any atom is -0.496 e. The molecule has 1 rings (SSSR count). The first-order valence-electron chi connectivity index (χ1n) is 5.07. The zero-order valence-electron chi connectivity index (χ0n) is 10.0. The molecule has 6 heteroatoms. The molecule has 17 heavy (non-hydrogen) atoms. The number of methoxy groups -OCH3 is 1. The smallest absolute Gasteiger partial charge is 0.255 e. The van der Waals surface area contributed by atoms with Crippen LogP contribution in [-0.4, -0.2) is 20.1 Å². The van der Waals surface area contributed by atoms with Crippen molar-refractivity contribution in [2.45, 2.75) is 13.0 Å². The molecule has 0 bridgehead atoms. The molecule has 0 fully saturated rings. The summed E-state index contributed by atoms with van der Waals surface area (Å²) in [6, 6.07) is 2.57. The van der Waals surface area contributed by atoms with Gasteiger partial charge < -0.3 is 10.5 Å². The van der Waals surface area contributed by atoms with Crippen LogP contribution in [0.4, 0.5) is 0 Å². The molecule has 0 spiro atoms. The number of hydrogen-bond donors (Lipinski definition) is 3. The quantitative estimate of drug-likeness (QED) is 0.701. The molecule has 0 saturated heterocycles. The molecule has 4 N–H and O–H groups in total. The van der Waals surface area contributed by atoms with E-state index in [1.807, 2.05) is 6.92 Å². The summed E-state index contributed by atoms with van der Waals surface area (Å²) < 4.78 is 5.19. The van der Waals surface area contributed by atoms with Crippen LogP contribution in [0.25, 0.3) is 0 Å². The van der Waals surface area contributed by atoms with Gasteiger partial charge in [0.05, 0.1) is 7.11 Å². The van der Waals surface area contributed by atoms with E-state index >= 15 is 0 Å². The molecule has 1 amide bonds. The SMILES string of the molecule is CNNC(=O)C(N)c1cc(Cl)c(C)cc1OC. The van der Waals surface area contributed by atoms with E-state index in [1.54, 1.807) is 19.2 Å². The van der Waals surface area contributed by atoms with Crippen LogP contribution in [-0.2, 0) is 4.79 Å². The Kier molecular flexibility index (Phi) is 4.74. The van der Waals surface area contributed by atoms with Gasteiger partial charge in [-0.25, -0.2) is 5.43 Å². The Hall–Kier alpha value is -1.30. The molecular weight excluding hydrogens is 242 g/mol. The Morgan fingerprint density at radius 3 is 2.71 bits per heavy atom. The van der Waals surface area contributed by atoms with Crippen LogP contribution in [0.1, 0.15) is 17.2 Å².